The van der Waals surface area contributed by atoms with E-state index in [9.17, 15) is 24.3 Å². The van der Waals surface area contributed by atoms with Crippen molar-refractivity contribution >= 4 is 35.3 Å². The van der Waals surface area contributed by atoms with E-state index >= 15 is 0 Å². The molecule has 13 heteroatoms. The molecule has 1 saturated carbocycles. The molecule has 4 heterocycles. The van der Waals surface area contributed by atoms with Gasteiger partial charge in [0.1, 0.15) is 24.1 Å². The van der Waals surface area contributed by atoms with E-state index in [1.165, 1.54) is 0 Å². The largest absolute Gasteiger partial charge is 0.493 e. The van der Waals surface area contributed by atoms with E-state index in [4.69, 9.17) is 14.5 Å². The standard InChI is InChI=1S/C44H48N6O7/c1-26(18-29-8-4-6-10-37(29)57-23-31-16-17-45-43(47-31)49-24-44(25-49)20-32(51)21-44)33-9-5-7-11-38(33)56-22-27(2)28(3)46-30-12-13-34-35(19-30)42(55)50(41(34)54)36-14-15-39(52)48-40(36)53/h4-13,16-17,19,26-28,32,36,46,51H,14-15,18,20-25H2,1-3H3,(H,48,52,53)/t26-,27+,28-,36?/m1/s1. The van der Waals surface area contributed by atoms with E-state index in [-0.39, 0.29) is 53.4 Å². The number of hydrogen-bond acceptors (Lipinski definition) is 11. The van der Waals surface area contributed by atoms with E-state index < -0.39 is 29.7 Å². The number of nitrogens with zero attached hydrogens (tertiary/aromatic N) is 4. The van der Waals surface area contributed by atoms with Gasteiger partial charge in [0.15, 0.2) is 0 Å². The van der Waals surface area contributed by atoms with Crippen LogP contribution in [0.15, 0.2) is 79.0 Å². The Bertz CT molecular complexity index is 2200. The van der Waals surface area contributed by atoms with Crippen molar-refractivity contribution in [2.45, 2.75) is 83.6 Å². The summed E-state index contributed by atoms with van der Waals surface area (Å²) in [5.74, 6) is 0.406. The van der Waals surface area contributed by atoms with Gasteiger partial charge in [0.05, 0.1) is 29.5 Å². The average Bonchev–Trinajstić information content (AvgIpc) is 3.42. The van der Waals surface area contributed by atoms with Crippen LogP contribution in [0.1, 0.15) is 89.9 Å². The highest BCUT2D eigenvalue weighted by molar-refractivity contribution is 6.23. The molecule has 13 nitrogen and oxygen atoms in total. The number of para-hydroxylation sites is 2. The molecule has 296 valence electrons. The number of carbonyl (C=O) groups excluding carboxylic acids is 4. The Kier molecular flexibility index (Phi) is 10.4. The topological polar surface area (TPSA) is 163 Å². The maximum absolute atomic E-state index is 13.3. The first-order valence-electron chi connectivity index (χ1n) is 19.8. The number of nitrogens with one attached hydrogen (secondary N) is 2. The van der Waals surface area contributed by atoms with E-state index in [1.807, 2.05) is 49.4 Å². The number of fused-ring (bicyclic) bond motifs is 1. The molecule has 1 spiro atoms. The van der Waals surface area contributed by atoms with Gasteiger partial charge in [0, 0.05) is 48.8 Å². The van der Waals surface area contributed by atoms with Gasteiger partial charge in [-0.15, -0.1) is 0 Å². The fourth-order valence-electron chi connectivity index (χ4n) is 8.48. The number of aliphatic hydroxyl groups is 1. The van der Waals surface area contributed by atoms with Gasteiger partial charge in [-0.2, -0.15) is 0 Å². The van der Waals surface area contributed by atoms with Gasteiger partial charge in [0.25, 0.3) is 11.8 Å². The van der Waals surface area contributed by atoms with Gasteiger partial charge >= 0.3 is 0 Å². The summed E-state index contributed by atoms with van der Waals surface area (Å²) in [4.78, 5) is 62.9. The average molecular weight is 773 g/mol. The molecule has 3 N–H and O–H groups in total. The third-order valence-electron chi connectivity index (χ3n) is 11.9. The van der Waals surface area contributed by atoms with Crippen molar-refractivity contribution in [2.24, 2.45) is 11.3 Å². The number of imide groups is 2. The van der Waals surface area contributed by atoms with Crippen molar-refractivity contribution in [3.63, 3.8) is 0 Å². The number of anilines is 2. The second-order valence-electron chi connectivity index (χ2n) is 16.2. The van der Waals surface area contributed by atoms with Gasteiger partial charge < -0.3 is 24.8 Å². The fourth-order valence-corrected chi connectivity index (χ4v) is 8.48. The van der Waals surface area contributed by atoms with Gasteiger partial charge in [-0.05, 0) is 86.1 Å². The number of carbonyl (C=O) groups is 4. The van der Waals surface area contributed by atoms with Crippen LogP contribution in [0.25, 0.3) is 0 Å². The number of ether oxygens (including phenoxy) is 2. The molecule has 1 unspecified atom stereocenters. The number of piperidine rings is 1. The molecule has 4 atom stereocenters. The predicted octanol–water partition coefficient (Wildman–Crippen LogP) is 5.28. The SMILES string of the molecule is C[C@H](Cc1ccccc1OCc1ccnc(N2CC3(CC(O)C3)C2)n1)c1ccccc1OC[C@H](C)[C@@H](C)Nc1ccc2c(c1)C(=O)N(C1CCC(=O)NC1=O)C2=O. The molecule has 1 aromatic heterocycles. The zero-order chi connectivity index (χ0) is 39.8. The van der Waals surface area contributed by atoms with Gasteiger partial charge in [-0.1, -0.05) is 50.2 Å². The molecule has 0 radical (unpaired) electrons. The van der Waals surface area contributed by atoms with Crippen molar-refractivity contribution in [1.29, 1.82) is 0 Å². The highest BCUT2D eigenvalue weighted by atomic mass is 16.5. The lowest BCUT2D eigenvalue weighted by molar-refractivity contribution is -0.136. The summed E-state index contributed by atoms with van der Waals surface area (Å²) in [6.45, 7) is 8.84. The molecular formula is C44H48N6O7. The molecule has 0 bridgehead atoms. The summed E-state index contributed by atoms with van der Waals surface area (Å²) in [6.07, 6.45) is 4.25. The van der Waals surface area contributed by atoms with Crippen LogP contribution in [-0.4, -0.2) is 81.5 Å². The molecule has 8 rings (SSSR count). The first-order valence-corrected chi connectivity index (χ1v) is 19.8. The van der Waals surface area contributed by atoms with Crippen LogP contribution in [0.5, 0.6) is 11.5 Å². The van der Waals surface area contributed by atoms with Gasteiger partial charge in [-0.3, -0.25) is 29.4 Å². The van der Waals surface area contributed by atoms with Crippen molar-refractivity contribution in [3.8, 4) is 11.5 Å². The molecule has 2 saturated heterocycles. The van der Waals surface area contributed by atoms with Crippen LogP contribution < -0.4 is 25.0 Å². The maximum atomic E-state index is 13.3. The monoisotopic (exact) mass is 772 g/mol. The van der Waals surface area contributed by atoms with Crippen molar-refractivity contribution in [3.05, 3.63) is 107 Å². The Hall–Kier alpha value is -5.82. The van der Waals surface area contributed by atoms with Gasteiger partial charge in [-0.25, -0.2) is 9.97 Å². The fraction of sp³-hybridized carbons (Fsp3) is 0.409. The lowest BCUT2D eigenvalue weighted by Crippen LogP contribution is -2.64. The number of hydrogen-bond donors (Lipinski definition) is 3. The summed E-state index contributed by atoms with van der Waals surface area (Å²) >= 11 is 0. The minimum absolute atomic E-state index is 0.0552. The molecule has 4 aliphatic rings. The normalized spacial score (nSPS) is 20.3. The second-order valence-corrected chi connectivity index (χ2v) is 16.2. The number of benzene rings is 3. The number of aliphatic hydroxyl groups excluding tert-OH is 1. The Morgan fingerprint density at radius 2 is 1.65 bits per heavy atom. The summed E-state index contributed by atoms with van der Waals surface area (Å²) in [5.41, 5.74) is 4.37. The number of rotatable bonds is 14. The highest BCUT2D eigenvalue weighted by Crippen LogP contribution is 2.49. The Morgan fingerprint density at radius 3 is 2.42 bits per heavy atom. The number of amides is 4. The zero-order valence-electron chi connectivity index (χ0n) is 32.4. The van der Waals surface area contributed by atoms with Crippen LogP contribution in [0, 0.1) is 11.3 Å². The minimum Gasteiger partial charge on any atom is -0.493 e. The number of aromatic nitrogens is 2. The molecule has 57 heavy (non-hydrogen) atoms. The molecule has 3 fully saturated rings. The maximum Gasteiger partial charge on any atom is 0.262 e. The first-order chi connectivity index (χ1) is 27.5. The lowest BCUT2D eigenvalue weighted by Gasteiger charge is -2.57. The minimum atomic E-state index is -1.01. The van der Waals surface area contributed by atoms with Crippen LogP contribution in [0.2, 0.25) is 0 Å². The van der Waals surface area contributed by atoms with Crippen molar-refractivity contribution in [2.75, 3.05) is 29.9 Å². The van der Waals surface area contributed by atoms with Gasteiger partial charge in [0.2, 0.25) is 17.8 Å². The molecule has 4 aromatic rings. The third-order valence-corrected chi connectivity index (χ3v) is 11.9. The molecule has 3 aliphatic heterocycles. The summed E-state index contributed by atoms with van der Waals surface area (Å²) in [7, 11) is 0. The first kappa shape index (κ1) is 38.1. The predicted molar refractivity (Wildman–Crippen MR) is 212 cm³/mol. The molecule has 3 aromatic carbocycles. The quantitative estimate of drug-likeness (QED) is 0.143. The van der Waals surface area contributed by atoms with Crippen LogP contribution in [0.4, 0.5) is 11.6 Å². The molecule has 1 aliphatic carbocycles. The summed E-state index contributed by atoms with van der Waals surface area (Å²) in [6, 6.07) is 22.0. The Morgan fingerprint density at radius 1 is 0.912 bits per heavy atom. The molecular weight excluding hydrogens is 725 g/mol. The van der Waals surface area contributed by atoms with Crippen LogP contribution in [0.3, 0.4) is 0 Å². The van der Waals surface area contributed by atoms with Crippen molar-refractivity contribution in [1.82, 2.24) is 20.2 Å². The highest BCUT2D eigenvalue weighted by Gasteiger charge is 2.52. The van der Waals surface area contributed by atoms with E-state index in [0.717, 1.165) is 65.6 Å². The Balaban J connectivity index is 0.856. The Labute approximate surface area is 331 Å². The zero-order valence-corrected chi connectivity index (χ0v) is 32.4. The van der Waals surface area contributed by atoms with Crippen molar-refractivity contribution < 1.29 is 33.8 Å². The summed E-state index contributed by atoms with van der Waals surface area (Å²) < 4.78 is 12.8. The summed E-state index contributed by atoms with van der Waals surface area (Å²) in [5, 5.41) is 15.4. The smallest absolute Gasteiger partial charge is 0.262 e. The van der Waals surface area contributed by atoms with Crippen LogP contribution in [-0.2, 0) is 22.6 Å². The second kappa shape index (κ2) is 15.6. The third kappa shape index (κ3) is 7.80. The van der Waals surface area contributed by atoms with E-state index in [1.54, 1.807) is 24.4 Å². The lowest BCUT2D eigenvalue weighted by atomic mass is 9.62. The van der Waals surface area contributed by atoms with Crippen LogP contribution >= 0.6 is 0 Å². The van der Waals surface area contributed by atoms with E-state index in [0.29, 0.717) is 24.8 Å². The van der Waals surface area contributed by atoms with E-state index in [2.05, 4.69) is 46.5 Å². The molecule has 4 amide bonds.